The van der Waals surface area contributed by atoms with Gasteiger partial charge in [0.1, 0.15) is 0 Å². The number of nitrogens with zero attached hydrogens (tertiary/aromatic N) is 1. The fourth-order valence-corrected chi connectivity index (χ4v) is 4.02. The number of carboxylic acids is 1. The van der Waals surface area contributed by atoms with Gasteiger partial charge in [-0.1, -0.05) is 42.0 Å². The zero-order valence-corrected chi connectivity index (χ0v) is 13.8. The molecule has 1 unspecified atom stereocenters. The van der Waals surface area contributed by atoms with Crippen molar-refractivity contribution in [2.24, 2.45) is 0 Å². The number of benzene rings is 2. The molecule has 3 aromatic rings. The molecule has 3 nitrogen and oxygen atoms in total. The maximum Gasteiger partial charge on any atom is 0.311 e. The van der Waals surface area contributed by atoms with Gasteiger partial charge in [0.25, 0.3) is 0 Å². The van der Waals surface area contributed by atoms with Crippen LogP contribution in [0.25, 0.3) is 10.9 Å². The Labute approximate surface area is 141 Å². The Balaban J connectivity index is 1.95. The van der Waals surface area contributed by atoms with Gasteiger partial charge in [0.15, 0.2) is 0 Å². The number of carbonyl (C=O) groups is 1. The third-order valence-electron chi connectivity index (χ3n) is 5.11. The molecule has 0 aliphatic heterocycles. The van der Waals surface area contributed by atoms with Gasteiger partial charge < -0.3 is 9.67 Å². The molecule has 1 aliphatic rings. The van der Waals surface area contributed by atoms with Crippen molar-refractivity contribution in [2.75, 3.05) is 0 Å². The summed E-state index contributed by atoms with van der Waals surface area (Å²) in [7, 11) is 0. The minimum absolute atomic E-state index is 0.380. The number of aromatic nitrogens is 1. The van der Waals surface area contributed by atoms with Crippen LogP contribution in [0.2, 0.25) is 0 Å². The molecule has 1 heterocycles. The van der Waals surface area contributed by atoms with Crippen molar-refractivity contribution >= 4 is 16.9 Å². The van der Waals surface area contributed by atoms with Gasteiger partial charge in [-0.25, -0.2) is 0 Å². The number of carboxylic acid groups (broad SMARTS) is 1. The van der Waals surface area contributed by atoms with E-state index in [9.17, 15) is 9.90 Å². The van der Waals surface area contributed by atoms with E-state index in [2.05, 4.69) is 54.0 Å². The van der Waals surface area contributed by atoms with E-state index in [1.807, 2.05) is 6.07 Å². The predicted molar refractivity (Wildman–Crippen MR) is 95.5 cm³/mol. The van der Waals surface area contributed by atoms with E-state index in [1.54, 1.807) is 0 Å². The fourth-order valence-electron chi connectivity index (χ4n) is 4.02. The molecule has 0 fully saturated rings. The molecule has 0 saturated heterocycles. The zero-order valence-electron chi connectivity index (χ0n) is 13.8. The minimum atomic E-state index is -0.698. The average molecular weight is 319 g/mol. The largest absolute Gasteiger partial charge is 0.481 e. The molecule has 2 aromatic carbocycles. The molecule has 0 amide bonds. The zero-order chi connectivity index (χ0) is 16.7. The van der Waals surface area contributed by atoms with Gasteiger partial charge in [-0.05, 0) is 49.4 Å². The molecule has 1 N–H and O–H groups in total. The lowest BCUT2D eigenvalue weighted by atomic mass is 9.85. The van der Waals surface area contributed by atoms with Crippen molar-refractivity contribution in [1.29, 1.82) is 0 Å². The summed E-state index contributed by atoms with van der Waals surface area (Å²) in [5.41, 5.74) is 5.83. The first-order valence-electron chi connectivity index (χ1n) is 8.53. The van der Waals surface area contributed by atoms with E-state index in [4.69, 9.17) is 0 Å². The number of fused-ring (bicyclic) bond motifs is 3. The van der Waals surface area contributed by atoms with Gasteiger partial charge >= 0.3 is 5.97 Å². The Morgan fingerprint density at radius 2 is 2.00 bits per heavy atom. The summed E-state index contributed by atoms with van der Waals surface area (Å²) in [5, 5.41) is 10.8. The van der Waals surface area contributed by atoms with Crippen molar-refractivity contribution in [2.45, 2.75) is 38.6 Å². The standard InChI is InChI=1S/C21H21NO2/c1-14-10-11-18-17(12-14)20-16(21(23)24)8-5-9-19(20)22(18)13-15-6-3-2-4-7-15/h2-4,6-7,10-12,16H,5,8-9,13H2,1H3,(H,23,24). The van der Waals surface area contributed by atoms with E-state index < -0.39 is 5.97 Å². The lowest BCUT2D eigenvalue weighted by Crippen LogP contribution is -2.19. The molecule has 3 heteroatoms. The first kappa shape index (κ1) is 15.0. The summed E-state index contributed by atoms with van der Waals surface area (Å²) in [6.07, 6.45) is 2.63. The van der Waals surface area contributed by atoms with E-state index in [-0.39, 0.29) is 5.92 Å². The third kappa shape index (κ3) is 2.41. The average Bonchev–Trinajstić information content (AvgIpc) is 2.89. The molecule has 24 heavy (non-hydrogen) atoms. The quantitative estimate of drug-likeness (QED) is 0.772. The van der Waals surface area contributed by atoms with Crippen LogP contribution in [0.5, 0.6) is 0 Å². The highest BCUT2D eigenvalue weighted by Gasteiger charge is 2.31. The van der Waals surface area contributed by atoms with E-state index in [0.29, 0.717) is 0 Å². The summed E-state index contributed by atoms with van der Waals surface area (Å²) < 4.78 is 2.33. The van der Waals surface area contributed by atoms with Gasteiger partial charge in [-0.2, -0.15) is 0 Å². The maximum absolute atomic E-state index is 11.8. The van der Waals surface area contributed by atoms with Gasteiger partial charge in [0, 0.05) is 23.1 Å². The Bertz CT molecular complexity index is 908. The molecule has 122 valence electrons. The molecule has 1 atom stereocenters. The van der Waals surface area contributed by atoms with Crippen molar-refractivity contribution in [3.8, 4) is 0 Å². The van der Waals surface area contributed by atoms with Crippen LogP contribution >= 0.6 is 0 Å². The Kier molecular flexibility index (Phi) is 3.64. The summed E-state index contributed by atoms with van der Waals surface area (Å²) in [4.78, 5) is 11.8. The number of aryl methyl sites for hydroxylation is 1. The van der Waals surface area contributed by atoms with Crippen LogP contribution < -0.4 is 0 Å². The monoisotopic (exact) mass is 319 g/mol. The van der Waals surface area contributed by atoms with Crippen molar-refractivity contribution < 1.29 is 9.90 Å². The topological polar surface area (TPSA) is 42.2 Å². The maximum atomic E-state index is 11.8. The van der Waals surface area contributed by atoms with Gasteiger partial charge in [-0.15, -0.1) is 0 Å². The summed E-state index contributed by atoms with van der Waals surface area (Å²) in [6.45, 7) is 2.86. The predicted octanol–water partition coefficient (Wildman–Crippen LogP) is 4.50. The number of aliphatic carboxylic acids is 1. The van der Waals surface area contributed by atoms with Crippen LogP contribution in [0.3, 0.4) is 0 Å². The summed E-state index contributed by atoms with van der Waals surface area (Å²) >= 11 is 0. The lowest BCUT2D eigenvalue weighted by molar-refractivity contribution is -0.139. The first-order chi connectivity index (χ1) is 11.6. The highest BCUT2D eigenvalue weighted by molar-refractivity contribution is 5.92. The van der Waals surface area contributed by atoms with Crippen LogP contribution in [0, 0.1) is 6.92 Å². The first-order valence-corrected chi connectivity index (χ1v) is 8.53. The second-order valence-electron chi connectivity index (χ2n) is 6.74. The molecular formula is C21H21NO2. The number of hydrogen-bond acceptors (Lipinski definition) is 1. The molecule has 0 spiro atoms. The van der Waals surface area contributed by atoms with Crippen molar-refractivity contribution in [3.63, 3.8) is 0 Å². The van der Waals surface area contributed by atoms with Crippen LogP contribution in [0.15, 0.2) is 48.5 Å². The van der Waals surface area contributed by atoms with Crippen LogP contribution in [0.4, 0.5) is 0 Å². The van der Waals surface area contributed by atoms with Crippen LogP contribution in [-0.4, -0.2) is 15.6 Å². The lowest BCUT2D eigenvalue weighted by Gasteiger charge is -2.21. The smallest absolute Gasteiger partial charge is 0.311 e. The molecule has 0 radical (unpaired) electrons. The fraction of sp³-hybridized carbons (Fsp3) is 0.286. The van der Waals surface area contributed by atoms with Crippen molar-refractivity contribution in [1.82, 2.24) is 4.57 Å². The number of rotatable bonds is 3. The summed E-state index contributed by atoms with van der Waals surface area (Å²) in [5.74, 6) is -1.08. The van der Waals surface area contributed by atoms with E-state index in [1.165, 1.54) is 16.8 Å². The Hall–Kier alpha value is -2.55. The van der Waals surface area contributed by atoms with Crippen LogP contribution in [-0.2, 0) is 17.8 Å². The molecule has 4 rings (SSSR count). The minimum Gasteiger partial charge on any atom is -0.481 e. The Morgan fingerprint density at radius 3 is 2.75 bits per heavy atom. The normalized spacial score (nSPS) is 17.0. The molecule has 0 bridgehead atoms. The molecular weight excluding hydrogens is 298 g/mol. The van der Waals surface area contributed by atoms with Gasteiger partial charge in [0.05, 0.1) is 5.92 Å². The highest BCUT2D eigenvalue weighted by Crippen LogP contribution is 2.40. The number of hydrogen-bond donors (Lipinski definition) is 1. The summed E-state index contributed by atoms with van der Waals surface area (Å²) in [6, 6.07) is 16.8. The van der Waals surface area contributed by atoms with Gasteiger partial charge in [-0.3, -0.25) is 4.79 Å². The second-order valence-corrected chi connectivity index (χ2v) is 6.74. The van der Waals surface area contributed by atoms with E-state index >= 15 is 0 Å². The van der Waals surface area contributed by atoms with E-state index in [0.717, 1.165) is 42.3 Å². The Morgan fingerprint density at radius 1 is 1.21 bits per heavy atom. The third-order valence-corrected chi connectivity index (χ3v) is 5.11. The molecule has 1 aliphatic carbocycles. The van der Waals surface area contributed by atoms with Crippen LogP contribution in [0.1, 0.15) is 41.1 Å². The second kappa shape index (κ2) is 5.82. The highest BCUT2D eigenvalue weighted by atomic mass is 16.4. The van der Waals surface area contributed by atoms with Crippen molar-refractivity contribution in [3.05, 3.63) is 70.9 Å². The molecule has 1 aromatic heterocycles. The molecule has 0 saturated carbocycles. The van der Waals surface area contributed by atoms with Gasteiger partial charge in [0.2, 0.25) is 0 Å². The SMILES string of the molecule is Cc1ccc2c(c1)c1c(n2Cc2ccccc2)CCCC1C(=O)O.